The summed E-state index contributed by atoms with van der Waals surface area (Å²) in [4.78, 5) is 11.7. The van der Waals surface area contributed by atoms with E-state index in [1.54, 1.807) is 12.1 Å². The number of aryl methyl sites for hydroxylation is 1. The second kappa shape index (κ2) is 7.80. The maximum Gasteiger partial charge on any atom is 0.341 e. The van der Waals surface area contributed by atoms with Gasteiger partial charge in [-0.1, -0.05) is 29.8 Å². The molecule has 0 fully saturated rings. The Kier molecular flexibility index (Phi) is 5.45. The van der Waals surface area contributed by atoms with Crippen LogP contribution in [-0.4, -0.2) is 40.3 Å². The van der Waals surface area contributed by atoms with E-state index < -0.39 is 26.4 Å². The molecule has 1 N–H and O–H groups in total. The van der Waals surface area contributed by atoms with Crippen LogP contribution in [0, 0.1) is 6.92 Å². The highest BCUT2D eigenvalue weighted by Gasteiger charge is 2.30. The van der Waals surface area contributed by atoms with Crippen molar-refractivity contribution in [3.63, 3.8) is 0 Å². The van der Waals surface area contributed by atoms with Crippen molar-refractivity contribution in [1.82, 2.24) is 25.5 Å². The zero-order valence-electron chi connectivity index (χ0n) is 14.6. The van der Waals surface area contributed by atoms with Gasteiger partial charge in [-0.2, -0.15) is 13.5 Å². The molecule has 1 amide bonds. The van der Waals surface area contributed by atoms with Crippen LogP contribution in [0.4, 0.5) is 8.78 Å². The number of tetrazole rings is 1. The number of aromatic nitrogens is 4. The van der Waals surface area contributed by atoms with E-state index in [9.17, 15) is 22.0 Å². The molecule has 0 aliphatic heterocycles. The monoisotopic (exact) mass is 407 g/mol. The molecule has 0 radical (unpaired) electrons. The fraction of sp³-hybridized carbons (Fsp3) is 0.176. The predicted molar refractivity (Wildman–Crippen MR) is 94.7 cm³/mol. The maximum atomic E-state index is 12.9. The minimum absolute atomic E-state index is 0.136. The second-order valence-electron chi connectivity index (χ2n) is 5.83. The second-order valence-corrected chi connectivity index (χ2v) is 7.71. The Morgan fingerprint density at radius 2 is 1.82 bits per heavy atom. The van der Waals surface area contributed by atoms with E-state index >= 15 is 0 Å². The molecule has 28 heavy (non-hydrogen) atoms. The molecular formula is C17H15F2N5O3S. The molecule has 0 unspecified atom stereocenters. The summed E-state index contributed by atoms with van der Waals surface area (Å²) in [5, 5.41) is 13.7. The summed E-state index contributed by atoms with van der Waals surface area (Å²) in [6.45, 7) is 1.79. The van der Waals surface area contributed by atoms with Gasteiger partial charge < -0.3 is 5.32 Å². The summed E-state index contributed by atoms with van der Waals surface area (Å²) in [6, 6.07) is 12.1. The van der Waals surface area contributed by atoms with Crippen molar-refractivity contribution in [2.24, 2.45) is 0 Å². The van der Waals surface area contributed by atoms with Gasteiger partial charge in [0.1, 0.15) is 0 Å². The van der Waals surface area contributed by atoms with Crippen LogP contribution in [0.5, 0.6) is 0 Å². The number of nitrogens with one attached hydrogen (secondary N) is 1. The van der Waals surface area contributed by atoms with Crippen molar-refractivity contribution in [2.75, 3.05) is 0 Å². The van der Waals surface area contributed by atoms with Crippen LogP contribution in [0.15, 0.2) is 53.4 Å². The van der Waals surface area contributed by atoms with Crippen molar-refractivity contribution in [2.45, 2.75) is 24.1 Å². The topological polar surface area (TPSA) is 107 Å². The molecule has 0 atom stereocenters. The quantitative estimate of drug-likeness (QED) is 0.669. The SMILES string of the molecule is Cc1ccc(-n2nnnc2CNC(=O)c2ccccc2S(=O)(=O)C(F)F)cc1. The largest absolute Gasteiger partial charge is 0.345 e. The Balaban J connectivity index is 1.82. The Hall–Kier alpha value is -3.21. The number of rotatable bonds is 6. The first-order chi connectivity index (χ1) is 13.3. The van der Waals surface area contributed by atoms with Crippen LogP contribution in [0.3, 0.4) is 0 Å². The van der Waals surface area contributed by atoms with Gasteiger partial charge in [-0.25, -0.2) is 8.42 Å². The van der Waals surface area contributed by atoms with Gasteiger partial charge in [0, 0.05) is 0 Å². The molecule has 0 spiro atoms. The Labute approximate surface area is 159 Å². The lowest BCUT2D eigenvalue weighted by atomic mass is 10.2. The summed E-state index contributed by atoms with van der Waals surface area (Å²) in [7, 11) is -4.92. The van der Waals surface area contributed by atoms with Crippen LogP contribution in [0.1, 0.15) is 21.7 Å². The van der Waals surface area contributed by atoms with Crippen molar-refractivity contribution >= 4 is 15.7 Å². The number of carbonyl (C=O) groups is 1. The maximum absolute atomic E-state index is 12.9. The number of amides is 1. The lowest BCUT2D eigenvalue weighted by Gasteiger charge is -2.10. The number of hydrogen-bond donors (Lipinski definition) is 1. The number of carbonyl (C=O) groups excluding carboxylic acids is 1. The first-order valence-electron chi connectivity index (χ1n) is 8.04. The van der Waals surface area contributed by atoms with Crippen molar-refractivity contribution in [3.05, 3.63) is 65.5 Å². The van der Waals surface area contributed by atoms with Crippen LogP contribution in [-0.2, 0) is 16.4 Å². The summed E-state index contributed by atoms with van der Waals surface area (Å²) in [6.07, 6.45) is 0. The Bertz CT molecular complexity index is 1100. The van der Waals surface area contributed by atoms with E-state index in [-0.39, 0.29) is 17.9 Å². The summed E-state index contributed by atoms with van der Waals surface area (Å²) < 4.78 is 50.7. The number of alkyl halides is 2. The molecular weight excluding hydrogens is 392 g/mol. The number of benzene rings is 2. The smallest absolute Gasteiger partial charge is 0.341 e. The molecule has 0 saturated heterocycles. The molecule has 0 aliphatic rings. The molecule has 146 valence electrons. The lowest BCUT2D eigenvalue weighted by molar-refractivity contribution is 0.0946. The standard InChI is InChI=1S/C17H15F2N5O3S/c1-11-6-8-12(9-7-11)24-15(21-22-23-24)10-20-16(25)13-4-2-3-5-14(13)28(26,27)17(18)19/h2-9,17H,10H2,1H3,(H,20,25). The zero-order chi connectivity index (χ0) is 20.3. The minimum Gasteiger partial charge on any atom is -0.345 e. The molecule has 1 heterocycles. The van der Waals surface area contributed by atoms with Crippen LogP contribution >= 0.6 is 0 Å². The fourth-order valence-electron chi connectivity index (χ4n) is 2.46. The van der Waals surface area contributed by atoms with Gasteiger partial charge in [0.15, 0.2) is 5.82 Å². The number of sulfone groups is 1. The highest BCUT2D eigenvalue weighted by Crippen LogP contribution is 2.22. The molecule has 3 aromatic rings. The summed E-state index contributed by atoms with van der Waals surface area (Å²) in [5.41, 5.74) is 1.33. The normalized spacial score (nSPS) is 11.6. The molecule has 3 rings (SSSR count). The third kappa shape index (κ3) is 3.88. The first kappa shape index (κ1) is 19.5. The predicted octanol–water partition coefficient (Wildman–Crippen LogP) is 1.90. The Morgan fingerprint density at radius 1 is 1.14 bits per heavy atom. The third-order valence-corrected chi connectivity index (χ3v) is 5.33. The van der Waals surface area contributed by atoms with Crippen LogP contribution in [0.2, 0.25) is 0 Å². The summed E-state index contributed by atoms with van der Waals surface area (Å²) >= 11 is 0. The van der Waals surface area contributed by atoms with Gasteiger partial charge in [-0.3, -0.25) is 4.79 Å². The highest BCUT2D eigenvalue weighted by molar-refractivity contribution is 7.91. The first-order valence-corrected chi connectivity index (χ1v) is 9.59. The minimum atomic E-state index is -4.92. The summed E-state index contributed by atoms with van der Waals surface area (Å²) in [5.74, 6) is -4.18. The van der Waals surface area contributed by atoms with E-state index in [0.29, 0.717) is 5.69 Å². The number of halogens is 2. The molecule has 0 bridgehead atoms. The Morgan fingerprint density at radius 3 is 2.50 bits per heavy atom. The molecule has 2 aromatic carbocycles. The number of nitrogens with zero attached hydrogens (tertiary/aromatic N) is 4. The van der Waals surface area contributed by atoms with E-state index in [0.717, 1.165) is 17.7 Å². The van der Waals surface area contributed by atoms with Gasteiger partial charge in [0.2, 0.25) is 9.84 Å². The average molecular weight is 407 g/mol. The van der Waals surface area contributed by atoms with Crippen LogP contribution < -0.4 is 5.32 Å². The van der Waals surface area contributed by atoms with Gasteiger partial charge in [-0.05, 0) is 41.6 Å². The number of hydrogen-bond acceptors (Lipinski definition) is 6. The average Bonchev–Trinajstić information content (AvgIpc) is 3.15. The van der Waals surface area contributed by atoms with Crippen LogP contribution in [0.25, 0.3) is 5.69 Å². The fourth-order valence-corrected chi connectivity index (χ4v) is 3.38. The molecule has 0 aliphatic carbocycles. The van der Waals surface area contributed by atoms with Gasteiger partial charge in [0.05, 0.1) is 22.7 Å². The highest BCUT2D eigenvalue weighted by atomic mass is 32.2. The van der Waals surface area contributed by atoms with E-state index in [1.165, 1.54) is 16.8 Å². The van der Waals surface area contributed by atoms with E-state index in [2.05, 4.69) is 20.8 Å². The molecule has 8 nitrogen and oxygen atoms in total. The molecule has 1 aromatic heterocycles. The van der Waals surface area contributed by atoms with E-state index in [4.69, 9.17) is 0 Å². The van der Waals surface area contributed by atoms with Crippen molar-refractivity contribution < 1.29 is 22.0 Å². The van der Waals surface area contributed by atoms with E-state index in [1.807, 2.05) is 19.1 Å². The molecule has 11 heteroatoms. The zero-order valence-corrected chi connectivity index (χ0v) is 15.4. The van der Waals surface area contributed by atoms with Crippen molar-refractivity contribution in [1.29, 1.82) is 0 Å². The van der Waals surface area contributed by atoms with Gasteiger partial charge in [0.25, 0.3) is 5.91 Å². The lowest BCUT2D eigenvalue weighted by Crippen LogP contribution is -2.27. The van der Waals surface area contributed by atoms with Crippen molar-refractivity contribution in [3.8, 4) is 5.69 Å². The third-order valence-electron chi connectivity index (χ3n) is 3.89. The van der Waals surface area contributed by atoms with Gasteiger partial charge >= 0.3 is 5.76 Å². The van der Waals surface area contributed by atoms with Gasteiger partial charge in [-0.15, -0.1) is 5.10 Å². The molecule has 0 saturated carbocycles.